The Hall–Kier alpha value is -3.07. The number of ether oxygens (including phenoxy) is 2. The number of allylic oxidation sites excluding steroid dienone is 16. The standard InChI is InChI=1S/C50H84NO8P/c1-6-8-10-12-14-16-18-20-21-22-23-24-25-26-27-28-29-31-33-35-37-39-41-43-50(53)59-48(47-58-60(54,55)57-45-44-51(3,4)5)46-56-49(52)42-40-38-36-34-32-30-19-17-15-13-11-9-7-2/h8-11,14-17,20-21,23-24,30,32,36,38,48H,6-7,12-13,18-19,22,25-29,31,33-35,37,39-47H2,1-5H3/p+1/b10-8-,11-9-,16-14-,17-15-,21-20-,24-23-,32-30-,38-36-. The number of hydrogen-bond acceptors (Lipinski definition) is 7. The van der Waals surface area contributed by atoms with Gasteiger partial charge in [0, 0.05) is 12.8 Å². The molecule has 0 radical (unpaired) electrons. The Morgan fingerprint density at radius 2 is 0.933 bits per heavy atom. The van der Waals surface area contributed by atoms with Crippen LogP contribution in [0.15, 0.2) is 97.2 Å². The predicted octanol–water partition coefficient (Wildman–Crippen LogP) is 13.4. The smallest absolute Gasteiger partial charge is 0.462 e. The highest BCUT2D eigenvalue weighted by molar-refractivity contribution is 7.47. The second-order valence-electron chi connectivity index (χ2n) is 16.0. The molecular formula is C50H85NO8P+. The Kier molecular flexibility index (Phi) is 39.2. The molecule has 9 nitrogen and oxygen atoms in total. The van der Waals surface area contributed by atoms with Gasteiger partial charge < -0.3 is 18.9 Å². The highest BCUT2D eigenvalue weighted by Crippen LogP contribution is 2.43. The van der Waals surface area contributed by atoms with Crippen LogP contribution in [-0.4, -0.2) is 74.9 Å². The molecule has 0 aliphatic rings. The van der Waals surface area contributed by atoms with Crippen LogP contribution in [0.2, 0.25) is 0 Å². The topological polar surface area (TPSA) is 108 Å². The number of phosphoric ester groups is 1. The van der Waals surface area contributed by atoms with Gasteiger partial charge in [0.1, 0.15) is 19.8 Å². The Morgan fingerprint density at radius 1 is 0.517 bits per heavy atom. The van der Waals surface area contributed by atoms with Gasteiger partial charge >= 0.3 is 19.8 Å². The third-order valence-corrected chi connectivity index (χ3v) is 10.1. The Bertz CT molecular complexity index is 1340. The number of phosphoric acid groups is 1. The summed E-state index contributed by atoms with van der Waals surface area (Å²) in [5.41, 5.74) is 0. The van der Waals surface area contributed by atoms with E-state index in [1.807, 2.05) is 33.3 Å². The van der Waals surface area contributed by atoms with Gasteiger partial charge in [0.05, 0.1) is 27.7 Å². The number of esters is 2. The molecule has 2 atom stereocenters. The molecule has 60 heavy (non-hydrogen) atoms. The molecule has 0 saturated heterocycles. The van der Waals surface area contributed by atoms with E-state index in [9.17, 15) is 19.0 Å². The maximum atomic E-state index is 12.7. The molecule has 342 valence electrons. The summed E-state index contributed by atoms with van der Waals surface area (Å²) in [5, 5.41) is 0. The number of quaternary nitrogens is 1. The lowest BCUT2D eigenvalue weighted by atomic mass is 10.0. The van der Waals surface area contributed by atoms with Gasteiger partial charge in [-0.15, -0.1) is 0 Å². The summed E-state index contributed by atoms with van der Waals surface area (Å²) in [6.45, 7) is 4.08. The summed E-state index contributed by atoms with van der Waals surface area (Å²) in [5.74, 6) is -0.907. The fraction of sp³-hybridized carbons (Fsp3) is 0.640. The zero-order valence-corrected chi connectivity index (χ0v) is 39.3. The van der Waals surface area contributed by atoms with E-state index in [-0.39, 0.29) is 26.1 Å². The first kappa shape index (κ1) is 56.9. The summed E-state index contributed by atoms with van der Waals surface area (Å²) in [4.78, 5) is 35.4. The zero-order valence-electron chi connectivity index (χ0n) is 38.4. The van der Waals surface area contributed by atoms with E-state index in [1.54, 1.807) is 0 Å². The minimum Gasteiger partial charge on any atom is -0.462 e. The Labute approximate surface area is 366 Å². The molecule has 2 unspecified atom stereocenters. The minimum atomic E-state index is -4.40. The Morgan fingerprint density at radius 3 is 1.40 bits per heavy atom. The SMILES string of the molecule is CC/C=C\C/C=C\C/C=C\C/C=C\CCCCCCCCCCCCC(=O)OC(COC(=O)CC/C=C\C/C=C\C/C=C\C/C=C\CC)COP(=O)(O)OCC[N+](C)(C)C. The van der Waals surface area contributed by atoms with Crippen LogP contribution in [0.4, 0.5) is 0 Å². The zero-order chi connectivity index (χ0) is 44.3. The lowest BCUT2D eigenvalue weighted by Crippen LogP contribution is -2.37. The number of nitrogens with zero attached hydrogens (tertiary/aromatic N) is 1. The Balaban J connectivity index is 4.36. The normalized spacial score (nSPS) is 14.4. The minimum absolute atomic E-state index is 0.0151. The van der Waals surface area contributed by atoms with E-state index >= 15 is 0 Å². The maximum Gasteiger partial charge on any atom is 0.472 e. The maximum absolute atomic E-state index is 12.7. The van der Waals surface area contributed by atoms with Crippen molar-refractivity contribution < 1.29 is 42.1 Å². The first-order chi connectivity index (χ1) is 29.0. The van der Waals surface area contributed by atoms with Gasteiger partial charge in [0.25, 0.3) is 0 Å². The molecule has 0 aromatic carbocycles. The van der Waals surface area contributed by atoms with Gasteiger partial charge in [-0.1, -0.05) is 162 Å². The number of hydrogen-bond donors (Lipinski definition) is 1. The quantitative estimate of drug-likeness (QED) is 0.0213. The molecule has 10 heteroatoms. The molecule has 0 aliphatic heterocycles. The molecule has 0 aromatic rings. The molecule has 0 fully saturated rings. The number of carbonyl (C=O) groups is 2. The lowest BCUT2D eigenvalue weighted by molar-refractivity contribution is -0.870. The second-order valence-corrected chi connectivity index (χ2v) is 17.5. The third kappa shape index (κ3) is 44.5. The molecule has 0 heterocycles. The van der Waals surface area contributed by atoms with Crippen molar-refractivity contribution in [2.24, 2.45) is 0 Å². The third-order valence-electron chi connectivity index (χ3n) is 9.12. The number of rotatable bonds is 40. The van der Waals surface area contributed by atoms with Crippen molar-refractivity contribution in [3.05, 3.63) is 97.2 Å². The van der Waals surface area contributed by atoms with E-state index in [0.29, 0.717) is 23.9 Å². The lowest BCUT2D eigenvalue weighted by Gasteiger charge is -2.24. The highest BCUT2D eigenvalue weighted by Gasteiger charge is 2.27. The van der Waals surface area contributed by atoms with Crippen molar-refractivity contribution >= 4 is 19.8 Å². The van der Waals surface area contributed by atoms with E-state index in [0.717, 1.165) is 77.0 Å². The van der Waals surface area contributed by atoms with Crippen LogP contribution in [0.1, 0.15) is 155 Å². The van der Waals surface area contributed by atoms with Crippen LogP contribution in [-0.2, 0) is 32.7 Å². The van der Waals surface area contributed by atoms with Gasteiger partial charge in [0.15, 0.2) is 6.10 Å². The van der Waals surface area contributed by atoms with E-state index < -0.39 is 32.5 Å². The number of carbonyl (C=O) groups excluding carboxylic acids is 2. The summed E-state index contributed by atoms with van der Waals surface area (Å²) >= 11 is 0. The average Bonchev–Trinajstić information content (AvgIpc) is 3.20. The van der Waals surface area contributed by atoms with Gasteiger partial charge in [0.2, 0.25) is 0 Å². The second kappa shape index (κ2) is 41.3. The first-order valence-electron chi connectivity index (χ1n) is 23.0. The van der Waals surface area contributed by atoms with Crippen molar-refractivity contribution in [1.82, 2.24) is 0 Å². The van der Waals surface area contributed by atoms with Crippen LogP contribution in [0.3, 0.4) is 0 Å². The summed E-state index contributed by atoms with van der Waals surface area (Å²) in [7, 11) is 1.42. The predicted molar refractivity (Wildman–Crippen MR) is 252 cm³/mol. The molecule has 0 rings (SSSR count). The average molecular weight is 859 g/mol. The van der Waals surface area contributed by atoms with Gasteiger partial charge in [-0.05, 0) is 77.0 Å². The first-order valence-corrected chi connectivity index (χ1v) is 24.5. The van der Waals surface area contributed by atoms with E-state index in [2.05, 4.69) is 98.9 Å². The highest BCUT2D eigenvalue weighted by atomic mass is 31.2. The van der Waals surface area contributed by atoms with Crippen molar-refractivity contribution in [2.45, 2.75) is 161 Å². The fourth-order valence-corrected chi connectivity index (χ4v) is 6.35. The fourth-order valence-electron chi connectivity index (χ4n) is 5.61. The molecule has 0 spiro atoms. The van der Waals surface area contributed by atoms with E-state index in [4.69, 9.17) is 18.5 Å². The van der Waals surface area contributed by atoms with Crippen molar-refractivity contribution in [3.63, 3.8) is 0 Å². The number of likely N-dealkylation sites (N-methyl/N-ethyl adjacent to an activating group) is 1. The summed E-state index contributed by atoms with van der Waals surface area (Å²) in [6.07, 6.45) is 54.8. The molecule has 0 bridgehead atoms. The van der Waals surface area contributed by atoms with Crippen LogP contribution in [0.25, 0.3) is 0 Å². The molecule has 0 amide bonds. The summed E-state index contributed by atoms with van der Waals surface area (Å²) in [6, 6.07) is 0. The summed E-state index contributed by atoms with van der Waals surface area (Å²) < 4.78 is 34.2. The van der Waals surface area contributed by atoms with Crippen LogP contribution in [0.5, 0.6) is 0 Å². The number of unbranched alkanes of at least 4 members (excludes halogenated alkanes) is 10. The van der Waals surface area contributed by atoms with Crippen LogP contribution in [0, 0.1) is 0 Å². The molecular weight excluding hydrogens is 774 g/mol. The molecule has 0 aliphatic carbocycles. The monoisotopic (exact) mass is 859 g/mol. The van der Waals surface area contributed by atoms with Gasteiger partial charge in [-0.25, -0.2) is 4.57 Å². The van der Waals surface area contributed by atoms with Crippen LogP contribution >= 0.6 is 7.82 Å². The molecule has 0 aromatic heterocycles. The molecule has 1 N–H and O–H groups in total. The van der Waals surface area contributed by atoms with Crippen LogP contribution < -0.4 is 0 Å². The van der Waals surface area contributed by atoms with Gasteiger partial charge in [-0.3, -0.25) is 18.6 Å². The van der Waals surface area contributed by atoms with Crippen molar-refractivity contribution in [3.8, 4) is 0 Å². The van der Waals surface area contributed by atoms with Gasteiger partial charge in [-0.2, -0.15) is 0 Å². The largest absolute Gasteiger partial charge is 0.472 e. The van der Waals surface area contributed by atoms with Crippen molar-refractivity contribution in [1.29, 1.82) is 0 Å². The van der Waals surface area contributed by atoms with E-state index in [1.165, 1.54) is 38.5 Å². The van der Waals surface area contributed by atoms with Crippen molar-refractivity contribution in [2.75, 3.05) is 47.5 Å². The molecule has 0 saturated carbocycles.